The average Bonchev–Trinajstić information content (AvgIpc) is 1.84. The van der Waals surface area contributed by atoms with E-state index in [1.165, 1.54) is 0 Å². The maximum atomic E-state index is 10.1. The molecule has 0 rings (SSSR count). The van der Waals surface area contributed by atoms with Crippen LogP contribution in [0.3, 0.4) is 0 Å². The summed E-state index contributed by atoms with van der Waals surface area (Å²) in [5.74, 6) is 0.273. The summed E-state index contributed by atoms with van der Waals surface area (Å²) >= 11 is 0. The van der Waals surface area contributed by atoms with Gasteiger partial charge in [-0.2, -0.15) is 0 Å². The number of aldehydes is 1. The van der Waals surface area contributed by atoms with Gasteiger partial charge < -0.3 is 5.73 Å². The number of hydrogen-bond donors (Lipinski definition) is 1. The van der Waals surface area contributed by atoms with Crippen molar-refractivity contribution in [1.29, 1.82) is 0 Å². The van der Waals surface area contributed by atoms with Gasteiger partial charge in [0.25, 0.3) is 0 Å². The molecule has 0 saturated heterocycles. The van der Waals surface area contributed by atoms with Gasteiger partial charge in [0.2, 0.25) is 0 Å². The van der Waals surface area contributed by atoms with Crippen LogP contribution < -0.4 is 5.73 Å². The molecule has 0 saturated carbocycles. The van der Waals surface area contributed by atoms with Gasteiger partial charge in [0.15, 0.2) is 0 Å². The minimum Gasteiger partial charge on any atom is -0.402 e. The Morgan fingerprint density at radius 1 is 1.56 bits per heavy atom. The van der Waals surface area contributed by atoms with Crippen molar-refractivity contribution in [3.05, 3.63) is 11.3 Å². The Hall–Kier alpha value is -0.790. The first-order chi connectivity index (χ1) is 4.09. The normalized spacial score (nSPS) is 13.3. The minimum absolute atomic E-state index is 0.273. The van der Waals surface area contributed by atoms with Crippen LogP contribution >= 0.6 is 0 Å². The zero-order valence-corrected chi connectivity index (χ0v) is 6.14. The van der Waals surface area contributed by atoms with E-state index in [0.717, 1.165) is 6.29 Å². The fourth-order valence-electron chi connectivity index (χ4n) is 0.523. The van der Waals surface area contributed by atoms with Crippen LogP contribution in [0.4, 0.5) is 0 Å². The fraction of sp³-hybridized carbons (Fsp3) is 0.571. The first-order valence-electron chi connectivity index (χ1n) is 3.01. The van der Waals surface area contributed by atoms with E-state index in [-0.39, 0.29) is 5.92 Å². The highest BCUT2D eigenvalue weighted by atomic mass is 16.1. The van der Waals surface area contributed by atoms with Gasteiger partial charge in [0, 0.05) is 11.3 Å². The van der Waals surface area contributed by atoms with Gasteiger partial charge in [-0.3, -0.25) is 4.79 Å². The molecule has 0 bridgehead atoms. The molecular weight excluding hydrogens is 114 g/mol. The summed E-state index contributed by atoms with van der Waals surface area (Å²) in [5.41, 5.74) is 6.85. The molecule has 0 heterocycles. The van der Waals surface area contributed by atoms with Crippen LogP contribution in [0.25, 0.3) is 0 Å². The molecular formula is C7H13NO. The Morgan fingerprint density at radius 2 is 2.00 bits per heavy atom. The Labute approximate surface area is 55.7 Å². The van der Waals surface area contributed by atoms with Gasteiger partial charge >= 0.3 is 0 Å². The monoisotopic (exact) mass is 127 g/mol. The minimum atomic E-state index is 0.273. The van der Waals surface area contributed by atoms with Crippen LogP contribution in [0.2, 0.25) is 0 Å². The van der Waals surface area contributed by atoms with Crippen LogP contribution in [-0.2, 0) is 4.79 Å². The molecule has 2 N–H and O–H groups in total. The molecule has 0 aromatic heterocycles. The highest BCUT2D eigenvalue weighted by Gasteiger charge is 1.99. The van der Waals surface area contributed by atoms with E-state index >= 15 is 0 Å². The summed E-state index contributed by atoms with van der Waals surface area (Å²) < 4.78 is 0. The van der Waals surface area contributed by atoms with Gasteiger partial charge in [-0.1, -0.05) is 13.8 Å². The van der Waals surface area contributed by atoms with Crippen LogP contribution in [0.5, 0.6) is 0 Å². The van der Waals surface area contributed by atoms with Crippen LogP contribution in [0, 0.1) is 5.92 Å². The topological polar surface area (TPSA) is 43.1 Å². The third-order valence-electron chi connectivity index (χ3n) is 1.25. The first-order valence-corrected chi connectivity index (χ1v) is 3.01. The summed E-state index contributed by atoms with van der Waals surface area (Å²) in [6.45, 7) is 5.65. The van der Waals surface area contributed by atoms with E-state index in [1.54, 1.807) is 6.92 Å². The number of hydrogen-bond acceptors (Lipinski definition) is 2. The summed E-state index contributed by atoms with van der Waals surface area (Å²) in [5, 5.41) is 0. The first kappa shape index (κ1) is 8.21. The molecule has 0 atom stereocenters. The molecule has 0 aliphatic carbocycles. The Bertz CT molecular complexity index is 136. The Kier molecular flexibility index (Phi) is 2.99. The van der Waals surface area contributed by atoms with Crippen molar-refractivity contribution in [2.45, 2.75) is 20.8 Å². The number of carbonyl (C=O) groups excluding carboxylic acids is 1. The molecule has 0 radical (unpaired) electrons. The third kappa shape index (κ3) is 2.31. The van der Waals surface area contributed by atoms with Crippen molar-refractivity contribution in [3.8, 4) is 0 Å². The van der Waals surface area contributed by atoms with E-state index < -0.39 is 0 Å². The lowest BCUT2D eigenvalue weighted by molar-refractivity contribution is -0.104. The number of nitrogens with two attached hydrogens (primary N) is 1. The van der Waals surface area contributed by atoms with E-state index in [4.69, 9.17) is 5.73 Å². The van der Waals surface area contributed by atoms with Crippen molar-refractivity contribution in [2.75, 3.05) is 0 Å². The Morgan fingerprint density at radius 3 is 2.11 bits per heavy atom. The van der Waals surface area contributed by atoms with Crippen molar-refractivity contribution in [3.63, 3.8) is 0 Å². The number of allylic oxidation sites excluding steroid dienone is 2. The lowest BCUT2D eigenvalue weighted by atomic mass is 10.1. The smallest absolute Gasteiger partial charge is 0.147 e. The summed E-state index contributed by atoms with van der Waals surface area (Å²) in [4.78, 5) is 10.1. The average molecular weight is 127 g/mol. The van der Waals surface area contributed by atoms with Gasteiger partial charge in [0.1, 0.15) is 6.29 Å². The molecule has 0 amide bonds. The number of rotatable bonds is 2. The van der Waals surface area contributed by atoms with Gasteiger partial charge in [-0.05, 0) is 12.8 Å². The third-order valence-corrected chi connectivity index (χ3v) is 1.25. The summed E-state index contributed by atoms with van der Waals surface area (Å²) in [6, 6.07) is 0. The number of carbonyl (C=O) groups is 1. The zero-order valence-electron chi connectivity index (χ0n) is 6.14. The van der Waals surface area contributed by atoms with Crippen molar-refractivity contribution in [1.82, 2.24) is 0 Å². The van der Waals surface area contributed by atoms with Crippen molar-refractivity contribution < 1.29 is 4.79 Å². The summed E-state index contributed by atoms with van der Waals surface area (Å²) in [7, 11) is 0. The molecule has 0 aliphatic heterocycles. The maximum absolute atomic E-state index is 10.1. The second kappa shape index (κ2) is 3.28. The van der Waals surface area contributed by atoms with Crippen LogP contribution in [0.15, 0.2) is 11.3 Å². The van der Waals surface area contributed by atoms with Crippen LogP contribution in [0.1, 0.15) is 20.8 Å². The van der Waals surface area contributed by atoms with Gasteiger partial charge in [-0.25, -0.2) is 0 Å². The molecule has 0 spiro atoms. The molecule has 0 unspecified atom stereocenters. The van der Waals surface area contributed by atoms with E-state index in [9.17, 15) is 4.79 Å². The Balaban J connectivity index is 4.27. The molecule has 52 valence electrons. The molecule has 0 aromatic carbocycles. The highest BCUT2D eigenvalue weighted by molar-refractivity contribution is 5.73. The molecule has 9 heavy (non-hydrogen) atoms. The maximum Gasteiger partial charge on any atom is 0.147 e. The van der Waals surface area contributed by atoms with Crippen LogP contribution in [-0.4, -0.2) is 6.29 Å². The van der Waals surface area contributed by atoms with E-state index in [2.05, 4.69) is 0 Å². The lowest BCUT2D eigenvalue weighted by Crippen LogP contribution is -2.08. The van der Waals surface area contributed by atoms with Crippen molar-refractivity contribution in [2.24, 2.45) is 11.7 Å². The molecule has 2 nitrogen and oxygen atoms in total. The zero-order chi connectivity index (χ0) is 7.44. The van der Waals surface area contributed by atoms with E-state index in [1.807, 2.05) is 13.8 Å². The van der Waals surface area contributed by atoms with Gasteiger partial charge in [0.05, 0.1) is 0 Å². The molecule has 0 fully saturated rings. The second-order valence-corrected chi connectivity index (χ2v) is 2.41. The quantitative estimate of drug-likeness (QED) is 0.445. The molecule has 0 aliphatic rings. The second-order valence-electron chi connectivity index (χ2n) is 2.41. The largest absolute Gasteiger partial charge is 0.402 e. The molecule has 2 heteroatoms. The molecule has 0 aromatic rings. The highest BCUT2D eigenvalue weighted by Crippen LogP contribution is 2.05. The standard InChI is InChI=1S/C7H13NO/c1-5(2)7(8)6(3)4-9/h4-5H,8H2,1-3H3/b7-6-. The van der Waals surface area contributed by atoms with Crippen molar-refractivity contribution >= 4 is 6.29 Å². The fourth-order valence-corrected chi connectivity index (χ4v) is 0.523. The summed E-state index contributed by atoms with van der Waals surface area (Å²) in [6.07, 6.45) is 0.787. The SMILES string of the molecule is C/C(C=O)=C(/N)C(C)C. The van der Waals surface area contributed by atoms with E-state index in [0.29, 0.717) is 11.3 Å². The van der Waals surface area contributed by atoms with Gasteiger partial charge in [-0.15, -0.1) is 0 Å². The predicted octanol–water partition coefficient (Wildman–Crippen LogP) is 1.07. The lowest BCUT2D eigenvalue weighted by Gasteiger charge is -2.04. The predicted molar refractivity (Wildman–Crippen MR) is 37.8 cm³/mol.